The standard InChI is InChI=1S/C23H30N2O3/c1-5-6-12-27-22-14-18(2)23(19(3)15-22)28-13-8-7-9-21-11-10-20(16-24-21)17-25-26-4/h5-6,10-11,14-17H,7-9,12-13H2,1-4H3/b6-5+,25-17?. The summed E-state index contributed by atoms with van der Waals surface area (Å²) in [5, 5.41) is 3.73. The maximum atomic E-state index is 6.03. The molecule has 0 amide bonds. The number of nitrogens with zero attached hydrogens (tertiary/aromatic N) is 2. The van der Waals surface area contributed by atoms with Crippen LogP contribution in [0, 0.1) is 13.8 Å². The van der Waals surface area contributed by atoms with E-state index in [0.717, 1.165) is 53.1 Å². The van der Waals surface area contributed by atoms with Crippen molar-refractivity contribution >= 4 is 6.21 Å². The van der Waals surface area contributed by atoms with E-state index >= 15 is 0 Å². The van der Waals surface area contributed by atoms with Crippen molar-refractivity contribution in [3.63, 3.8) is 0 Å². The first kappa shape index (κ1) is 21.5. The Morgan fingerprint density at radius 2 is 1.86 bits per heavy atom. The van der Waals surface area contributed by atoms with Gasteiger partial charge in [0.05, 0.1) is 12.8 Å². The van der Waals surface area contributed by atoms with Gasteiger partial charge in [-0.05, 0) is 75.4 Å². The van der Waals surface area contributed by atoms with Crippen LogP contribution in [0.15, 0.2) is 47.8 Å². The van der Waals surface area contributed by atoms with Crippen molar-refractivity contribution in [1.82, 2.24) is 4.98 Å². The summed E-state index contributed by atoms with van der Waals surface area (Å²) in [7, 11) is 1.52. The van der Waals surface area contributed by atoms with Gasteiger partial charge in [0.15, 0.2) is 0 Å². The maximum absolute atomic E-state index is 6.03. The van der Waals surface area contributed by atoms with Crippen molar-refractivity contribution in [3.8, 4) is 11.5 Å². The molecule has 0 saturated heterocycles. The molecule has 150 valence electrons. The van der Waals surface area contributed by atoms with Crippen molar-refractivity contribution < 1.29 is 14.3 Å². The second kappa shape index (κ2) is 11.8. The zero-order valence-electron chi connectivity index (χ0n) is 17.3. The molecule has 0 aliphatic rings. The minimum Gasteiger partial charge on any atom is -0.493 e. The lowest BCUT2D eigenvalue weighted by atomic mass is 10.1. The van der Waals surface area contributed by atoms with Crippen LogP contribution >= 0.6 is 0 Å². The zero-order chi connectivity index (χ0) is 20.2. The number of aryl methyl sites for hydroxylation is 3. The highest BCUT2D eigenvalue weighted by atomic mass is 16.6. The van der Waals surface area contributed by atoms with E-state index in [1.807, 2.05) is 43.3 Å². The summed E-state index contributed by atoms with van der Waals surface area (Å²) in [5.74, 6) is 1.84. The smallest absolute Gasteiger partial charge is 0.125 e. The van der Waals surface area contributed by atoms with Gasteiger partial charge in [-0.2, -0.15) is 0 Å². The van der Waals surface area contributed by atoms with Crippen LogP contribution < -0.4 is 9.47 Å². The van der Waals surface area contributed by atoms with Gasteiger partial charge in [0, 0.05) is 17.5 Å². The molecular formula is C23H30N2O3. The van der Waals surface area contributed by atoms with Gasteiger partial charge >= 0.3 is 0 Å². The van der Waals surface area contributed by atoms with Crippen molar-refractivity contribution in [1.29, 1.82) is 0 Å². The molecule has 0 aliphatic carbocycles. The van der Waals surface area contributed by atoms with Crippen molar-refractivity contribution in [2.24, 2.45) is 5.16 Å². The van der Waals surface area contributed by atoms with Gasteiger partial charge < -0.3 is 14.3 Å². The fourth-order valence-electron chi connectivity index (χ4n) is 2.82. The number of ether oxygens (including phenoxy) is 2. The molecule has 0 fully saturated rings. The van der Waals surface area contributed by atoms with Gasteiger partial charge in [0.1, 0.15) is 25.2 Å². The van der Waals surface area contributed by atoms with Crippen LogP contribution in [-0.2, 0) is 11.3 Å². The number of oxime groups is 1. The molecule has 0 saturated carbocycles. The van der Waals surface area contributed by atoms with E-state index in [2.05, 4.69) is 28.8 Å². The van der Waals surface area contributed by atoms with Gasteiger partial charge in [-0.15, -0.1) is 0 Å². The third-order valence-electron chi connectivity index (χ3n) is 4.24. The van der Waals surface area contributed by atoms with Gasteiger partial charge in [-0.3, -0.25) is 4.98 Å². The lowest BCUT2D eigenvalue weighted by Gasteiger charge is -2.14. The summed E-state index contributed by atoms with van der Waals surface area (Å²) in [5.41, 5.74) is 4.21. The molecule has 1 aromatic carbocycles. The molecule has 0 bridgehead atoms. The molecule has 0 spiro atoms. The number of aromatic nitrogens is 1. The van der Waals surface area contributed by atoms with Crippen LogP contribution in [0.3, 0.4) is 0 Å². The molecule has 1 aromatic heterocycles. The molecule has 1 heterocycles. The Kier molecular flexibility index (Phi) is 9.05. The van der Waals surface area contributed by atoms with Crippen molar-refractivity contribution in [2.75, 3.05) is 20.3 Å². The SMILES string of the molecule is C/C=C/COc1cc(C)c(OCCCCc2ccc(C=NOC)cn2)c(C)c1. The van der Waals surface area contributed by atoms with E-state index in [1.165, 1.54) is 7.11 Å². The third-order valence-corrected chi connectivity index (χ3v) is 4.24. The van der Waals surface area contributed by atoms with Crippen molar-refractivity contribution in [2.45, 2.75) is 40.0 Å². The summed E-state index contributed by atoms with van der Waals surface area (Å²) in [6.45, 7) is 7.38. The molecule has 28 heavy (non-hydrogen) atoms. The van der Waals surface area contributed by atoms with E-state index in [-0.39, 0.29) is 0 Å². The van der Waals surface area contributed by atoms with E-state index in [0.29, 0.717) is 13.2 Å². The molecule has 5 heteroatoms. The van der Waals surface area contributed by atoms with Crippen LogP contribution in [0.5, 0.6) is 11.5 Å². The maximum Gasteiger partial charge on any atom is 0.125 e. The Labute approximate surface area is 168 Å². The fourth-order valence-corrected chi connectivity index (χ4v) is 2.82. The molecule has 0 unspecified atom stereocenters. The Hall–Kier alpha value is -2.82. The van der Waals surface area contributed by atoms with Crippen LogP contribution in [0.25, 0.3) is 0 Å². The number of unbranched alkanes of at least 4 members (excludes halogenated alkanes) is 1. The normalized spacial score (nSPS) is 11.3. The first-order valence-corrected chi connectivity index (χ1v) is 9.63. The predicted molar refractivity (Wildman–Crippen MR) is 113 cm³/mol. The lowest BCUT2D eigenvalue weighted by Crippen LogP contribution is -2.03. The van der Waals surface area contributed by atoms with E-state index in [1.54, 1.807) is 12.4 Å². The number of hydrogen-bond donors (Lipinski definition) is 0. The second-order valence-corrected chi connectivity index (χ2v) is 6.57. The molecule has 2 rings (SSSR count). The number of allylic oxidation sites excluding steroid dienone is 1. The van der Waals surface area contributed by atoms with Crippen LogP contribution in [0.1, 0.15) is 42.1 Å². The topological polar surface area (TPSA) is 52.9 Å². The molecule has 2 aromatic rings. The minimum absolute atomic E-state index is 0.587. The first-order chi connectivity index (χ1) is 13.6. The Balaban J connectivity index is 1.76. The summed E-state index contributed by atoms with van der Waals surface area (Å²) in [6, 6.07) is 8.08. The van der Waals surface area contributed by atoms with Crippen LogP contribution in [-0.4, -0.2) is 31.5 Å². The number of benzene rings is 1. The average molecular weight is 383 g/mol. The molecule has 0 radical (unpaired) electrons. The summed E-state index contributed by atoms with van der Waals surface area (Å²) in [6.07, 6.45) is 10.4. The lowest BCUT2D eigenvalue weighted by molar-refractivity contribution is 0.215. The van der Waals surface area contributed by atoms with Gasteiger partial charge in [-0.25, -0.2) is 0 Å². The quantitative estimate of drug-likeness (QED) is 0.237. The molecule has 0 N–H and O–H groups in total. The van der Waals surface area contributed by atoms with Crippen molar-refractivity contribution in [3.05, 3.63) is 65.0 Å². The monoisotopic (exact) mass is 382 g/mol. The van der Waals surface area contributed by atoms with E-state index in [4.69, 9.17) is 9.47 Å². The van der Waals surface area contributed by atoms with E-state index in [9.17, 15) is 0 Å². The van der Waals surface area contributed by atoms with Gasteiger partial charge in [-0.1, -0.05) is 17.3 Å². The Morgan fingerprint density at radius 3 is 2.50 bits per heavy atom. The van der Waals surface area contributed by atoms with E-state index < -0.39 is 0 Å². The fraction of sp³-hybridized carbons (Fsp3) is 0.391. The Bertz CT molecular complexity index is 760. The first-order valence-electron chi connectivity index (χ1n) is 9.63. The second-order valence-electron chi connectivity index (χ2n) is 6.57. The summed E-state index contributed by atoms with van der Waals surface area (Å²) < 4.78 is 11.7. The van der Waals surface area contributed by atoms with Gasteiger partial charge in [0.25, 0.3) is 0 Å². The highest BCUT2D eigenvalue weighted by Gasteiger charge is 2.07. The third kappa shape index (κ3) is 7.06. The zero-order valence-corrected chi connectivity index (χ0v) is 17.3. The number of hydrogen-bond acceptors (Lipinski definition) is 5. The largest absolute Gasteiger partial charge is 0.493 e. The highest BCUT2D eigenvalue weighted by Crippen LogP contribution is 2.28. The molecule has 0 atom stereocenters. The van der Waals surface area contributed by atoms with Crippen LogP contribution in [0.4, 0.5) is 0 Å². The highest BCUT2D eigenvalue weighted by molar-refractivity contribution is 5.78. The number of rotatable bonds is 11. The number of pyridine rings is 1. The molecular weight excluding hydrogens is 352 g/mol. The average Bonchev–Trinajstić information content (AvgIpc) is 2.69. The molecule has 0 aliphatic heterocycles. The predicted octanol–water partition coefficient (Wildman–Crippen LogP) is 5.04. The minimum atomic E-state index is 0.587. The summed E-state index contributed by atoms with van der Waals surface area (Å²) >= 11 is 0. The molecule has 5 nitrogen and oxygen atoms in total. The van der Waals surface area contributed by atoms with Gasteiger partial charge in [0.2, 0.25) is 0 Å². The van der Waals surface area contributed by atoms with Crippen LogP contribution in [0.2, 0.25) is 0 Å². The Morgan fingerprint density at radius 1 is 1.07 bits per heavy atom. The summed E-state index contributed by atoms with van der Waals surface area (Å²) in [4.78, 5) is 9.12.